The van der Waals surface area contributed by atoms with Gasteiger partial charge < -0.3 is 14.6 Å². The van der Waals surface area contributed by atoms with E-state index in [0.717, 1.165) is 25.2 Å². The van der Waals surface area contributed by atoms with Crippen molar-refractivity contribution in [2.45, 2.75) is 6.54 Å². The standard InChI is InChI=1S/C21H21ClN4O3/c22-16-7-5-15(6-8-16)20(27)24-19-21(28)26(10-9-25-11-13-29-14-12-25)18-4-2-1-3-17(18)23-19/h1-8H,9-14H2,(H,23,24,27). The van der Waals surface area contributed by atoms with E-state index in [1.54, 1.807) is 28.8 Å². The van der Waals surface area contributed by atoms with Gasteiger partial charge in [-0.05, 0) is 36.4 Å². The molecular formula is C21H21ClN4O3. The summed E-state index contributed by atoms with van der Waals surface area (Å²) >= 11 is 5.88. The molecule has 1 saturated heterocycles. The van der Waals surface area contributed by atoms with Crippen molar-refractivity contribution in [3.05, 3.63) is 69.5 Å². The van der Waals surface area contributed by atoms with Crippen molar-refractivity contribution in [2.24, 2.45) is 0 Å². The van der Waals surface area contributed by atoms with Crippen molar-refractivity contribution >= 4 is 34.4 Å². The van der Waals surface area contributed by atoms with Crippen LogP contribution in [-0.2, 0) is 11.3 Å². The Morgan fingerprint density at radius 2 is 1.79 bits per heavy atom. The summed E-state index contributed by atoms with van der Waals surface area (Å²) in [5.74, 6) is -0.382. The van der Waals surface area contributed by atoms with Crippen LogP contribution in [0.1, 0.15) is 10.4 Å². The number of halogens is 1. The van der Waals surface area contributed by atoms with Gasteiger partial charge in [-0.2, -0.15) is 0 Å². The molecule has 7 nitrogen and oxygen atoms in total. The Bertz CT molecular complexity index is 1080. The largest absolute Gasteiger partial charge is 0.379 e. The highest BCUT2D eigenvalue weighted by atomic mass is 35.5. The number of carbonyl (C=O) groups excluding carboxylic acids is 1. The molecule has 3 aromatic rings. The fraction of sp³-hybridized carbons (Fsp3) is 0.286. The van der Waals surface area contributed by atoms with Gasteiger partial charge in [0.1, 0.15) is 0 Å². The summed E-state index contributed by atoms with van der Waals surface area (Å²) in [7, 11) is 0. The summed E-state index contributed by atoms with van der Waals surface area (Å²) in [4.78, 5) is 32.3. The number of anilines is 1. The van der Waals surface area contributed by atoms with Gasteiger partial charge in [0.05, 0.1) is 24.2 Å². The third kappa shape index (κ3) is 4.48. The van der Waals surface area contributed by atoms with E-state index in [1.165, 1.54) is 0 Å². The monoisotopic (exact) mass is 412 g/mol. The molecule has 2 aromatic carbocycles. The molecule has 0 aliphatic carbocycles. The van der Waals surface area contributed by atoms with Crippen LogP contribution in [0.25, 0.3) is 11.0 Å². The Labute approximate surface area is 172 Å². The topological polar surface area (TPSA) is 76.5 Å². The van der Waals surface area contributed by atoms with Crippen LogP contribution in [-0.4, -0.2) is 53.2 Å². The third-order valence-corrected chi connectivity index (χ3v) is 5.19. The number of hydrogen-bond donors (Lipinski definition) is 1. The minimum absolute atomic E-state index is 0.0191. The van der Waals surface area contributed by atoms with Gasteiger partial charge in [-0.3, -0.25) is 14.5 Å². The quantitative estimate of drug-likeness (QED) is 0.697. The van der Waals surface area contributed by atoms with Gasteiger partial charge in [0, 0.05) is 36.8 Å². The van der Waals surface area contributed by atoms with Crippen LogP contribution in [0.2, 0.25) is 5.02 Å². The van der Waals surface area contributed by atoms with Crippen molar-refractivity contribution in [3.63, 3.8) is 0 Å². The van der Waals surface area contributed by atoms with Gasteiger partial charge in [-0.25, -0.2) is 4.98 Å². The Balaban J connectivity index is 1.63. The lowest BCUT2D eigenvalue weighted by Gasteiger charge is -2.27. The van der Waals surface area contributed by atoms with Crippen LogP contribution in [0.15, 0.2) is 53.3 Å². The molecule has 2 heterocycles. The fourth-order valence-corrected chi connectivity index (χ4v) is 3.47. The summed E-state index contributed by atoms with van der Waals surface area (Å²) in [6.07, 6.45) is 0. The minimum atomic E-state index is -0.402. The number of carbonyl (C=O) groups is 1. The van der Waals surface area contributed by atoms with Crippen LogP contribution in [0.4, 0.5) is 5.82 Å². The van der Waals surface area contributed by atoms with E-state index in [2.05, 4.69) is 15.2 Å². The van der Waals surface area contributed by atoms with Crippen molar-refractivity contribution < 1.29 is 9.53 Å². The van der Waals surface area contributed by atoms with Crippen LogP contribution >= 0.6 is 11.6 Å². The lowest BCUT2D eigenvalue weighted by Crippen LogP contribution is -2.39. The Morgan fingerprint density at radius 3 is 2.55 bits per heavy atom. The molecule has 150 valence electrons. The molecule has 1 aliphatic heterocycles. The smallest absolute Gasteiger partial charge is 0.294 e. The first-order valence-corrected chi connectivity index (χ1v) is 9.86. The number of aromatic nitrogens is 2. The Kier molecular flexibility index (Phi) is 5.89. The fourth-order valence-electron chi connectivity index (χ4n) is 3.34. The van der Waals surface area contributed by atoms with Crippen LogP contribution < -0.4 is 10.9 Å². The molecule has 0 atom stereocenters. The first kappa shape index (κ1) is 19.6. The van der Waals surface area contributed by atoms with Gasteiger partial charge >= 0.3 is 0 Å². The molecule has 1 amide bonds. The molecule has 0 bridgehead atoms. The first-order chi connectivity index (χ1) is 14.1. The van der Waals surface area contributed by atoms with Crippen LogP contribution in [0.3, 0.4) is 0 Å². The highest BCUT2D eigenvalue weighted by molar-refractivity contribution is 6.30. The molecule has 1 aliphatic rings. The number of nitrogens with one attached hydrogen (secondary N) is 1. The lowest BCUT2D eigenvalue weighted by molar-refractivity contribution is 0.0364. The molecular weight excluding hydrogens is 392 g/mol. The third-order valence-electron chi connectivity index (χ3n) is 4.93. The van der Waals surface area contributed by atoms with Gasteiger partial charge in [0.2, 0.25) is 0 Å². The second-order valence-corrected chi connectivity index (χ2v) is 7.26. The number of rotatable bonds is 5. The predicted molar refractivity (Wildman–Crippen MR) is 113 cm³/mol. The van der Waals surface area contributed by atoms with E-state index in [-0.39, 0.29) is 11.4 Å². The molecule has 4 rings (SSSR count). The minimum Gasteiger partial charge on any atom is -0.379 e. The lowest BCUT2D eigenvalue weighted by atomic mass is 10.2. The van der Waals surface area contributed by atoms with E-state index in [1.807, 2.05) is 24.3 Å². The van der Waals surface area contributed by atoms with Crippen LogP contribution in [0, 0.1) is 0 Å². The second-order valence-electron chi connectivity index (χ2n) is 6.82. The average Bonchev–Trinajstić information content (AvgIpc) is 2.75. The molecule has 0 saturated carbocycles. The van der Waals surface area contributed by atoms with E-state index in [4.69, 9.17) is 16.3 Å². The highest BCUT2D eigenvalue weighted by Crippen LogP contribution is 2.14. The van der Waals surface area contributed by atoms with E-state index in [0.29, 0.717) is 35.9 Å². The van der Waals surface area contributed by atoms with Gasteiger partial charge in [0.25, 0.3) is 11.5 Å². The molecule has 1 fully saturated rings. The molecule has 8 heteroatoms. The van der Waals surface area contributed by atoms with Gasteiger partial charge in [0.15, 0.2) is 5.82 Å². The Morgan fingerprint density at radius 1 is 1.07 bits per heavy atom. The maximum Gasteiger partial charge on any atom is 0.294 e. The number of amides is 1. The second kappa shape index (κ2) is 8.73. The summed E-state index contributed by atoms with van der Waals surface area (Å²) < 4.78 is 7.06. The van der Waals surface area contributed by atoms with Gasteiger partial charge in [-0.1, -0.05) is 23.7 Å². The summed E-state index contributed by atoms with van der Waals surface area (Å²) in [6.45, 7) is 4.33. The van der Waals surface area contributed by atoms with Crippen LogP contribution in [0.5, 0.6) is 0 Å². The van der Waals surface area contributed by atoms with Crippen molar-refractivity contribution in [1.29, 1.82) is 0 Å². The van der Waals surface area contributed by atoms with Crippen molar-refractivity contribution in [1.82, 2.24) is 14.5 Å². The average molecular weight is 413 g/mol. The molecule has 0 spiro atoms. The number of fused-ring (bicyclic) bond motifs is 1. The highest BCUT2D eigenvalue weighted by Gasteiger charge is 2.16. The van der Waals surface area contributed by atoms with Crippen molar-refractivity contribution in [3.8, 4) is 0 Å². The SMILES string of the molecule is O=C(Nc1nc2ccccc2n(CCN2CCOCC2)c1=O)c1ccc(Cl)cc1. The summed E-state index contributed by atoms with van der Waals surface area (Å²) in [5.41, 5.74) is 1.48. The molecule has 29 heavy (non-hydrogen) atoms. The maximum absolute atomic E-state index is 13.1. The Hall–Kier alpha value is -2.74. The first-order valence-electron chi connectivity index (χ1n) is 9.48. The predicted octanol–water partition coefficient (Wildman–Crippen LogP) is 2.63. The molecule has 1 aromatic heterocycles. The van der Waals surface area contributed by atoms with Crippen molar-refractivity contribution in [2.75, 3.05) is 38.2 Å². The number of hydrogen-bond acceptors (Lipinski definition) is 5. The molecule has 1 N–H and O–H groups in total. The zero-order valence-electron chi connectivity index (χ0n) is 15.8. The van der Waals surface area contributed by atoms with E-state index >= 15 is 0 Å². The molecule has 0 radical (unpaired) electrons. The zero-order chi connectivity index (χ0) is 20.2. The number of para-hydroxylation sites is 2. The van der Waals surface area contributed by atoms with E-state index in [9.17, 15) is 9.59 Å². The number of morpholine rings is 1. The number of nitrogens with zero attached hydrogens (tertiary/aromatic N) is 3. The number of ether oxygens (including phenoxy) is 1. The van der Waals surface area contributed by atoms with E-state index < -0.39 is 5.91 Å². The zero-order valence-corrected chi connectivity index (χ0v) is 16.6. The molecule has 0 unspecified atom stereocenters. The van der Waals surface area contributed by atoms with Gasteiger partial charge in [-0.15, -0.1) is 0 Å². The maximum atomic E-state index is 13.1. The normalized spacial score (nSPS) is 14.8. The number of benzene rings is 2. The summed E-state index contributed by atoms with van der Waals surface area (Å²) in [6, 6.07) is 13.9. The summed E-state index contributed by atoms with van der Waals surface area (Å²) in [5, 5.41) is 3.19.